The van der Waals surface area contributed by atoms with E-state index in [-0.39, 0.29) is 30.8 Å². The Morgan fingerprint density at radius 2 is 1.90 bits per heavy atom. The van der Waals surface area contributed by atoms with Gasteiger partial charge in [-0.3, -0.25) is 4.79 Å². The molecule has 0 spiro atoms. The summed E-state index contributed by atoms with van der Waals surface area (Å²) in [6.45, 7) is 2.12. The van der Waals surface area contributed by atoms with Crippen LogP contribution in [-0.4, -0.2) is 53.9 Å². The van der Waals surface area contributed by atoms with Crippen molar-refractivity contribution in [3.63, 3.8) is 0 Å². The van der Waals surface area contributed by atoms with E-state index in [4.69, 9.17) is 8.83 Å². The van der Waals surface area contributed by atoms with Gasteiger partial charge in [0.05, 0.1) is 19.4 Å². The van der Waals surface area contributed by atoms with Crippen molar-refractivity contribution in [2.75, 3.05) is 20.1 Å². The molecule has 3 aromatic rings. The maximum Gasteiger partial charge on any atom is 0.283 e. The minimum atomic E-state index is -3.76. The molecule has 0 saturated carbocycles. The van der Waals surface area contributed by atoms with Gasteiger partial charge in [0.2, 0.25) is 21.8 Å². The van der Waals surface area contributed by atoms with E-state index in [9.17, 15) is 13.2 Å². The zero-order chi connectivity index (χ0) is 22.3. The van der Waals surface area contributed by atoms with Crippen LogP contribution < -0.4 is 0 Å². The first kappa shape index (κ1) is 22.4. The summed E-state index contributed by atoms with van der Waals surface area (Å²) in [5, 5.41) is 8.97. The summed E-state index contributed by atoms with van der Waals surface area (Å²) in [6.07, 6.45) is 3.68. The fourth-order valence-electron chi connectivity index (χ4n) is 2.76. The minimum Gasteiger partial charge on any atom is -0.459 e. The van der Waals surface area contributed by atoms with E-state index in [1.54, 1.807) is 24.3 Å². The van der Waals surface area contributed by atoms with Gasteiger partial charge in [0.1, 0.15) is 0 Å². The van der Waals surface area contributed by atoms with Crippen LogP contribution in [0.15, 0.2) is 63.0 Å². The first-order valence-electron chi connectivity index (χ1n) is 9.72. The number of carbonyl (C=O) groups is 1. The van der Waals surface area contributed by atoms with Gasteiger partial charge in [-0.25, -0.2) is 8.42 Å². The molecule has 0 N–H and O–H groups in total. The van der Waals surface area contributed by atoms with Gasteiger partial charge in [-0.2, -0.15) is 4.31 Å². The van der Waals surface area contributed by atoms with Gasteiger partial charge in [0.15, 0.2) is 5.76 Å². The Morgan fingerprint density at radius 1 is 1.13 bits per heavy atom. The minimum absolute atomic E-state index is 0.0775. The van der Waals surface area contributed by atoms with Gasteiger partial charge < -0.3 is 13.7 Å². The molecule has 31 heavy (non-hydrogen) atoms. The average molecular weight is 445 g/mol. The van der Waals surface area contributed by atoms with Crippen LogP contribution in [0.3, 0.4) is 0 Å². The van der Waals surface area contributed by atoms with Gasteiger partial charge in [0, 0.05) is 19.0 Å². The van der Waals surface area contributed by atoms with Crippen molar-refractivity contribution in [3.05, 3.63) is 65.6 Å². The van der Waals surface area contributed by atoms with Crippen molar-refractivity contribution in [2.45, 2.75) is 19.9 Å². The summed E-state index contributed by atoms with van der Waals surface area (Å²) in [5.41, 5.74) is 0.752. The highest BCUT2D eigenvalue weighted by Crippen LogP contribution is 2.18. The molecule has 9 nitrogen and oxygen atoms in total. The maximum atomic E-state index is 12.8. The van der Waals surface area contributed by atoms with Crippen molar-refractivity contribution in [2.24, 2.45) is 0 Å². The highest BCUT2D eigenvalue weighted by molar-refractivity contribution is 7.92. The Kier molecular flexibility index (Phi) is 7.37. The molecule has 3 rings (SSSR count). The summed E-state index contributed by atoms with van der Waals surface area (Å²) in [4.78, 5) is 14.3. The van der Waals surface area contributed by atoms with Crippen LogP contribution in [0.25, 0.3) is 17.7 Å². The largest absolute Gasteiger partial charge is 0.459 e. The van der Waals surface area contributed by atoms with E-state index >= 15 is 0 Å². The number of rotatable bonds is 10. The summed E-state index contributed by atoms with van der Waals surface area (Å²) >= 11 is 0. The maximum absolute atomic E-state index is 12.8. The first-order chi connectivity index (χ1) is 14.9. The lowest BCUT2D eigenvalue weighted by Crippen LogP contribution is -2.40. The summed E-state index contributed by atoms with van der Waals surface area (Å²) in [7, 11) is -2.39. The lowest BCUT2D eigenvalue weighted by atomic mass is 10.2. The van der Waals surface area contributed by atoms with Crippen molar-refractivity contribution >= 4 is 22.0 Å². The zero-order valence-electron chi connectivity index (χ0n) is 17.3. The van der Waals surface area contributed by atoms with Crippen molar-refractivity contribution in [1.82, 2.24) is 19.4 Å². The standard InChI is InChI=1S/C21H24N4O5S/c1-3-12-25(15-19-22-23-21(30-19)18-10-7-13-29-18)20(26)16-24(2)31(27,28)14-11-17-8-5-4-6-9-17/h4-11,13-14H,3,12,15-16H2,1-2H3/b14-11+. The highest BCUT2D eigenvalue weighted by Gasteiger charge is 2.23. The molecule has 1 aromatic carbocycles. The third-order valence-electron chi connectivity index (χ3n) is 4.40. The number of nitrogens with zero attached hydrogens (tertiary/aromatic N) is 4. The molecule has 164 valence electrons. The Morgan fingerprint density at radius 3 is 2.58 bits per heavy atom. The third-order valence-corrected chi connectivity index (χ3v) is 5.87. The highest BCUT2D eigenvalue weighted by atomic mass is 32.2. The van der Waals surface area contributed by atoms with Crippen LogP contribution in [0.4, 0.5) is 0 Å². The first-order valence-corrected chi connectivity index (χ1v) is 11.2. The summed E-state index contributed by atoms with van der Waals surface area (Å²) in [6, 6.07) is 12.5. The molecule has 10 heteroatoms. The van der Waals surface area contributed by atoms with Gasteiger partial charge >= 0.3 is 0 Å². The number of benzene rings is 1. The molecule has 2 heterocycles. The summed E-state index contributed by atoms with van der Waals surface area (Å²) in [5.74, 6) is 0.527. The second-order valence-corrected chi connectivity index (χ2v) is 8.73. The Balaban J connectivity index is 1.65. The average Bonchev–Trinajstić information content (AvgIpc) is 3.44. The number of hydrogen-bond donors (Lipinski definition) is 0. The van der Waals surface area contributed by atoms with Crippen molar-refractivity contribution in [3.8, 4) is 11.7 Å². The quantitative estimate of drug-likeness (QED) is 0.473. The van der Waals surface area contributed by atoms with E-state index in [1.165, 1.54) is 24.3 Å². The molecule has 0 aliphatic carbocycles. The molecule has 1 amide bonds. The number of carbonyl (C=O) groups excluding carboxylic acids is 1. The predicted octanol–water partition coefficient (Wildman–Crippen LogP) is 3.00. The molecule has 0 aliphatic heterocycles. The molecule has 0 atom stereocenters. The second-order valence-electron chi connectivity index (χ2n) is 6.81. The Labute approximate surface area is 181 Å². The van der Waals surface area contributed by atoms with Crippen molar-refractivity contribution < 1.29 is 22.0 Å². The van der Waals surface area contributed by atoms with Crippen LogP contribution in [0.5, 0.6) is 0 Å². The van der Waals surface area contributed by atoms with Crippen LogP contribution in [0, 0.1) is 0 Å². The van der Waals surface area contributed by atoms with E-state index in [2.05, 4.69) is 10.2 Å². The molecule has 0 bridgehead atoms. The summed E-state index contributed by atoms with van der Waals surface area (Å²) < 4.78 is 36.9. The zero-order valence-corrected chi connectivity index (χ0v) is 18.2. The molecular weight excluding hydrogens is 420 g/mol. The van der Waals surface area contributed by atoms with Gasteiger partial charge in [-0.1, -0.05) is 37.3 Å². The predicted molar refractivity (Wildman–Crippen MR) is 115 cm³/mol. The number of aromatic nitrogens is 2. The molecule has 0 fully saturated rings. The lowest BCUT2D eigenvalue weighted by molar-refractivity contribution is -0.132. The fourth-order valence-corrected chi connectivity index (χ4v) is 3.58. The number of hydrogen-bond acceptors (Lipinski definition) is 7. The van der Waals surface area contributed by atoms with Crippen LogP contribution in [0.2, 0.25) is 0 Å². The number of amides is 1. The second kappa shape index (κ2) is 10.2. The van der Waals surface area contributed by atoms with Crippen LogP contribution in [0.1, 0.15) is 24.8 Å². The van der Waals surface area contributed by atoms with Crippen LogP contribution in [-0.2, 0) is 21.4 Å². The van der Waals surface area contributed by atoms with Gasteiger partial charge in [-0.15, -0.1) is 10.2 Å². The van der Waals surface area contributed by atoms with E-state index in [1.807, 2.05) is 25.1 Å². The molecule has 0 aliphatic rings. The fraction of sp³-hybridized carbons (Fsp3) is 0.286. The monoisotopic (exact) mass is 444 g/mol. The SMILES string of the molecule is CCCN(Cc1nnc(-c2ccco2)o1)C(=O)CN(C)S(=O)(=O)/C=C/c1ccccc1. The Bertz CT molecular complexity index is 1110. The molecule has 0 saturated heterocycles. The van der Waals surface area contributed by atoms with E-state index < -0.39 is 10.0 Å². The van der Waals surface area contributed by atoms with E-state index in [0.717, 1.165) is 15.3 Å². The van der Waals surface area contributed by atoms with Gasteiger partial charge in [0.25, 0.3) is 5.89 Å². The lowest BCUT2D eigenvalue weighted by Gasteiger charge is -2.23. The normalized spacial score (nSPS) is 12.0. The number of furan rings is 1. The number of sulfonamides is 1. The van der Waals surface area contributed by atoms with Crippen LogP contribution >= 0.6 is 0 Å². The van der Waals surface area contributed by atoms with E-state index in [0.29, 0.717) is 18.7 Å². The molecule has 2 aromatic heterocycles. The van der Waals surface area contributed by atoms with Crippen molar-refractivity contribution in [1.29, 1.82) is 0 Å². The molecular formula is C21H24N4O5S. The topological polar surface area (TPSA) is 110 Å². The number of likely N-dealkylation sites (N-methyl/N-ethyl adjacent to an activating group) is 1. The Hall–Kier alpha value is -3.24. The smallest absolute Gasteiger partial charge is 0.283 e. The van der Waals surface area contributed by atoms with Gasteiger partial charge in [-0.05, 0) is 30.2 Å². The third kappa shape index (κ3) is 6.12. The molecule has 0 radical (unpaired) electrons. The molecule has 0 unspecified atom stereocenters.